The number of amidine groups is 1. The van der Waals surface area contributed by atoms with Gasteiger partial charge in [-0.25, -0.2) is 4.39 Å². The van der Waals surface area contributed by atoms with Crippen molar-refractivity contribution in [3.05, 3.63) is 46.1 Å². The fourth-order valence-corrected chi connectivity index (χ4v) is 1.76. The first kappa shape index (κ1) is 14.1. The summed E-state index contributed by atoms with van der Waals surface area (Å²) in [7, 11) is 0. The first-order chi connectivity index (χ1) is 9.52. The number of rotatable bonds is 3. The first-order valence-electron chi connectivity index (χ1n) is 5.15. The number of oxime groups is 1. The third-order valence-electron chi connectivity index (χ3n) is 2.24. The predicted molar refractivity (Wildman–Crippen MR) is 68.7 cm³/mol. The Morgan fingerprint density at radius 3 is 2.85 bits per heavy atom. The van der Waals surface area contributed by atoms with Crippen LogP contribution in [0.2, 0.25) is 0 Å². The van der Waals surface area contributed by atoms with Crippen LogP contribution in [0.4, 0.5) is 8.78 Å². The van der Waals surface area contributed by atoms with Gasteiger partial charge in [-0.1, -0.05) is 21.1 Å². The van der Waals surface area contributed by atoms with Crippen molar-refractivity contribution in [3.63, 3.8) is 0 Å². The molecule has 0 aliphatic rings. The van der Waals surface area contributed by atoms with Crippen LogP contribution in [-0.4, -0.2) is 21.2 Å². The van der Waals surface area contributed by atoms with Crippen LogP contribution in [0.15, 0.2) is 34.0 Å². The van der Waals surface area contributed by atoms with E-state index in [9.17, 15) is 8.78 Å². The summed E-state index contributed by atoms with van der Waals surface area (Å²) < 4.78 is 32.3. The molecule has 6 nitrogen and oxygen atoms in total. The molecule has 0 atom stereocenters. The van der Waals surface area contributed by atoms with E-state index in [-0.39, 0.29) is 21.8 Å². The SMILES string of the molecule is N/C(=N/O)c1ccnnc1Oc1cc(Br)cc(F)c1F. The lowest BCUT2D eigenvalue weighted by atomic mass is 10.2. The van der Waals surface area contributed by atoms with Gasteiger partial charge in [-0.05, 0) is 18.2 Å². The average molecular weight is 345 g/mol. The van der Waals surface area contributed by atoms with Crippen molar-refractivity contribution < 1.29 is 18.7 Å². The van der Waals surface area contributed by atoms with Crippen LogP contribution in [0, 0.1) is 11.6 Å². The molecule has 2 aromatic rings. The Bertz CT molecular complexity index is 681. The van der Waals surface area contributed by atoms with Crippen LogP contribution in [-0.2, 0) is 0 Å². The van der Waals surface area contributed by atoms with Gasteiger partial charge in [-0.2, -0.15) is 9.49 Å². The van der Waals surface area contributed by atoms with E-state index in [1.165, 1.54) is 18.3 Å². The summed E-state index contributed by atoms with van der Waals surface area (Å²) in [5.41, 5.74) is 5.51. The second-order valence-corrected chi connectivity index (χ2v) is 4.45. The van der Waals surface area contributed by atoms with Crippen molar-refractivity contribution in [1.82, 2.24) is 10.2 Å². The predicted octanol–water partition coefficient (Wildman–Crippen LogP) is 2.40. The minimum absolute atomic E-state index is 0.0854. The van der Waals surface area contributed by atoms with E-state index < -0.39 is 17.4 Å². The average Bonchev–Trinajstić information content (AvgIpc) is 2.44. The summed E-state index contributed by atoms with van der Waals surface area (Å²) in [4.78, 5) is 0. The highest BCUT2D eigenvalue weighted by molar-refractivity contribution is 9.10. The van der Waals surface area contributed by atoms with Gasteiger partial charge in [-0.3, -0.25) is 0 Å². The van der Waals surface area contributed by atoms with Crippen molar-refractivity contribution in [2.75, 3.05) is 0 Å². The topological polar surface area (TPSA) is 93.6 Å². The van der Waals surface area contributed by atoms with Gasteiger partial charge in [0.15, 0.2) is 17.4 Å². The fraction of sp³-hybridized carbons (Fsp3) is 0. The van der Waals surface area contributed by atoms with Crippen LogP contribution in [0.5, 0.6) is 11.6 Å². The van der Waals surface area contributed by atoms with Crippen molar-refractivity contribution in [3.8, 4) is 11.6 Å². The van der Waals surface area contributed by atoms with E-state index in [0.717, 1.165) is 6.07 Å². The molecular formula is C11H7BrF2N4O2. The number of nitrogens with two attached hydrogens (primary N) is 1. The third-order valence-corrected chi connectivity index (χ3v) is 2.69. The fourth-order valence-electron chi connectivity index (χ4n) is 1.35. The van der Waals surface area contributed by atoms with E-state index in [4.69, 9.17) is 15.7 Å². The number of halogens is 3. The number of nitrogens with zero attached hydrogens (tertiary/aromatic N) is 3. The van der Waals surface area contributed by atoms with E-state index >= 15 is 0 Å². The molecule has 2 rings (SSSR count). The highest BCUT2D eigenvalue weighted by atomic mass is 79.9. The highest BCUT2D eigenvalue weighted by Crippen LogP contribution is 2.29. The van der Waals surface area contributed by atoms with Gasteiger partial charge in [0.25, 0.3) is 0 Å². The first-order valence-corrected chi connectivity index (χ1v) is 5.94. The Hall–Kier alpha value is -2.29. The minimum atomic E-state index is -1.19. The molecule has 0 radical (unpaired) electrons. The molecule has 0 bridgehead atoms. The Morgan fingerprint density at radius 1 is 1.40 bits per heavy atom. The van der Waals surface area contributed by atoms with E-state index in [2.05, 4.69) is 31.3 Å². The third kappa shape index (κ3) is 2.82. The summed E-state index contributed by atoms with van der Waals surface area (Å²) in [5.74, 6) is -3.22. The van der Waals surface area contributed by atoms with E-state index in [1.807, 2.05) is 0 Å². The quantitative estimate of drug-likeness (QED) is 0.293. The lowest BCUT2D eigenvalue weighted by molar-refractivity contribution is 0.318. The van der Waals surface area contributed by atoms with Crippen LogP contribution in [0.3, 0.4) is 0 Å². The molecule has 3 N–H and O–H groups in total. The lowest BCUT2D eigenvalue weighted by Gasteiger charge is -2.09. The number of hydrogen-bond acceptors (Lipinski definition) is 5. The molecule has 20 heavy (non-hydrogen) atoms. The van der Waals surface area contributed by atoms with Gasteiger partial charge in [-0.15, -0.1) is 5.10 Å². The van der Waals surface area contributed by atoms with E-state index in [1.54, 1.807) is 0 Å². The van der Waals surface area contributed by atoms with Gasteiger partial charge in [0, 0.05) is 4.47 Å². The van der Waals surface area contributed by atoms with Crippen molar-refractivity contribution in [2.45, 2.75) is 0 Å². The summed E-state index contributed by atoms with van der Waals surface area (Å²) >= 11 is 3.01. The molecule has 0 fully saturated rings. The molecule has 9 heteroatoms. The van der Waals surface area contributed by atoms with Crippen LogP contribution >= 0.6 is 15.9 Å². The van der Waals surface area contributed by atoms with Crippen molar-refractivity contribution >= 4 is 21.8 Å². The molecule has 1 aromatic heterocycles. The highest BCUT2D eigenvalue weighted by Gasteiger charge is 2.16. The molecular weight excluding hydrogens is 338 g/mol. The summed E-state index contributed by atoms with van der Waals surface area (Å²) in [6.07, 6.45) is 1.28. The molecule has 1 heterocycles. The monoisotopic (exact) mass is 344 g/mol. The summed E-state index contributed by atoms with van der Waals surface area (Å²) in [6.45, 7) is 0. The maximum atomic E-state index is 13.6. The van der Waals surface area contributed by atoms with Crippen molar-refractivity contribution in [2.24, 2.45) is 10.9 Å². The van der Waals surface area contributed by atoms with E-state index in [0.29, 0.717) is 0 Å². The Morgan fingerprint density at radius 2 is 2.15 bits per heavy atom. The zero-order chi connectivity index (χ0) is 14.7. The van der Waals surface area contributed by atoms with Gasteiger partial charge in [0.05, 0.1) is 11.8 Å². The second-order valence-electron chi connectivity index (χ2n) is 3.54. The van der Waals surface area contributed by atoms with Gasteiger partial charge < -0.3 is 15.7 Å². The largest absolute Gasteiger partial charge is 0.434 e. The summed E-state index contributed by atoms with van der Waals surface area (Å²) in [6, 6.07) is 3.51. The molecule has 1 aromatic carbocycles. The molecule has 0 unspecified atom stereocenters. The number of ether oxygens (including phenoxy) is 1. The maximum Gasteiger partial charge on any atom is 0.250 e. The van der Waals surface area contributed by atoms with Crippen LogP contribution in [0.1, 0.15) is 5.56 Å². The number of benzene rings is 1. The zero-order valence-electron chi connectivity index (χ0n) is 9.72. The van der Waals surface area contributed by atoms with Crippen molar-refractivity contribution in [1.29, 1.82) is 0 Å². The molecule has 0 spiro atoms. The standard InChI is InChI=1S/C11H7BrF2N4O2/c12-5-3-7(13)9(14)8(4-5)20-11-6(10(15)18-19)1-2-16-17-11/h1-4,19H,(H2,15,18). The zero-order valence-corrected chi connectivity index (χ0v) is 11.3. The normalized spacial score (nSPS) is 11.4. The number of aromatic nitrogens is 2. The molecule has 0 amide bonds. The second kappa shape index (κ2) is 5.78. The smallest absolute Gasteiger partial charge is 0.250 e. The molecule has 0 aliphatic carbocycles. The van der Waals surface area contributed by atoms with Crippen LogP contribution in [0.25, 0.3) is 0 Å². The Kier molecular flexibility index (Phi) is 4.08. The Balaban J connectivity index is 2.46. The van der Waals surface area contributed by atoms with Gasteiger partial charge >= 0.3 is 0 Å². The van der Waals surface area contributed by atoms with Gasteiger partial charge in [0.1, 0.15) is 0 Å². The molecule has 0 saturated carbocycles. The Labute approximate surface area is 120 Å². The lowest BCUT2D eigenvalue weighted by Crippen LogP contribution is -2.15. The molecule has 0 aliphatic heterocycles. The minimum Gasteiger partial charge on any atom is -0.434 e. The molecule has 0 saturated heterocycles. The maximum absolute atomic E-state index is 13.6. The van der Waals surface area contributed by atoms with Gasteiger partial charge in [0.2, 0.25) is 11.7 Å². The molecule has 104 valence electrons. The summed E-state index contributed by atoms with van der Waals surface area (Å²) in [5, 5.41) is 18.6. The van der Waals surface area contributed by atoms with Crippen LogP contribution < -0.4 is 10.5 Å². The number of hydrogen-bond donors (Lipinski definition) is 2.